The van der Waals surface area contributed by atoms with Crippen LogP contribution in [0.15, 0.2) is 18.2 Å². The molecule has 1 aromatic carbocycles. The first kappa shape index (κ1) is 13.8. The number of nitrogens with zero attached hydrogens (tertiary/aromatic N) is 1. The summed E-state index contributed by atoms with van der Waals surface area (Å²) in [6.07, 6.45) is -0.671. The van der Waals surface area contributed by atoms with E-state index in [1.807, 2.05) is 18.2 Å². The number of hydrogen-bond acceptors (Lipinski definition) is 4. The van der Waals surface area contributed by atoms with Crippen LogP contribution in [0.4, 0.5) is 5.69 Å². The summed E-state index contributed by atoms with van der Waals surface area (Å²) in [4.78, 5) is 2.22. The Morgan fingerprint density at radius 3 is 2.47 bits per heavy atom. The minimum Gasteiger partial charge on any atom is -0.496 e. The van der Waals surface area contributed by atoms with Crippen molar-refractivity contribution in [2.24, 2.45) is 5.73 Å². The molecule has 1 atom stereocenters. The van der Waals surface area contributed by atoms with E-state index in [1.54, 1.807) is 7.11 Å². The van der Waals surface area contributed by atoms with Crippen molar-refractivity contribution in [1.82, 2.24) is 0 Å². The molecule has 0 saturated heterocycles. The first-order chi connectivity index (χ1) is 8.17. The van der Waals surface area contributed by atoms with Gasteiger partial charge in [0.1, 0.15) is 5.75 Å². The van der Waals surface area contributed by atoms with Crippen molar-refractivity contribution in [3.05, 3.63) is 23.8 Å². The molecule has 0 amide bonds. The number of ether oxygens (including phenoxy) is 1. The number of rotatable bonds is 6. The summed E-state index contributed by atoms with van der Waals surface area (Å²) in [6.45, 7) is 6.30. The molecular weight excluding hydrogens is 216 g/mol. The molecule has 0 heterocycles. The summed E-state index contributed by atoms with van der Waals surface area (Å²) in [6, 6.07) is 5.81. The average molecular weight is 238 g/mol. The molecule has 0 aliphatic carbocycles. The monoisotopic (exact) mass is 238 g/mol. The van der Waals surface area contributed by atoms with Gasteiger partial charge in [-0.3, -0.25) is 0 Å². The highest BCUT2D eigenvalue weighted by Gasteiger charge is 2.13. The second kappa shape index (κ2) is 6.47. The lowest BCUT2D eigenvalue weighted by Crippen LogP contribution is -2.22. The molecule has 0 fully saturated rings. The zero-order valence-corrected chi connectivity index (χ0v) is 10.8. The van der Waals surface area contributed by atoms with E-state index < -0.39 is 6.10 Å². The van der Waals surface area contributed by atoms with E-state index >= 15 is 0 Å². The molecule has 0 aliphatic heterocycles. The third-order valence-corrected chi connectivity index (χ3v) is 2.93. The topological polar surface area (TPSA) is 58.7 Å². The van der Waals surface area contributed by atoms with Gasteiger partial charge in [-0.05, 0) is 19.9 Å². The third kappa shape index (κ3) is 3.11. The smallest absolute Gasteiger partial charge is 0.126 e. The summed E-state index contributed by atoms with van der Waals surface area (Å²) in [5, 5.41) is 9.77. The third-order valence-electron chi connectivity index (χ3n) is 2.93. The second-order valence-electron chi connectivity index (χ2n) is 3.85. The Labute approximate surface area is 103 Å². The van der Waals surface area contributed by atoms with E-state index in [1.165, 1.54) is 0 Å². The number of methoxy groups -OCH3 is 1. The average Bonchev–Trinajstić information content (AvgIpc) is 2.39. The van der Waals surface area contributed by atoms with Crippen LogP contribution in [-0.4, -0.2) is 31.9 Å². The fourth-order valence-corrected chi connectivity index (χ4v) is 1.89. The highest BCUT2D eigenvalue weighted by atomic mass is 16.5. The summed E-state index contributed by atoms with van der Waals surface area (Å²) < 4.78 is 5.31. The van der Waals surface area contributed by atoms with Gasteiger partial charge in [0.05, 0.1) is 13.2 Å². The van der Waals surface area contributed by atoms with Crippen LogP contribution >= 0.6 is 0 Å². The van der Waals surface area contributed by atoms with Crippen molar-refractivity contribution in [3.8, 4) is 5.75 Å². The lowest BCUT2D eigenvalue weighted by atomic mass is 10.1. The van der Waals surface area contributed by atoms with Gasteiger partial charge in [-0.1, -0.05) is 6.07 Å². The van der Waals surface area contributed by atoms with Crippen LogP contribution in [-0.2, 0) is 0 Å². The quantitative estimate of drug-likeness (QED) is 0.789. The second-order valence-corrected chi connectivity index (χ2v) is 3.85. The lowest BCUT2D eigenvalue weighted by molar-refractivity contribution is 0.182. The van der Waals surface area contributed by atoms with Crippen LogP contribution < -0.4 is 15.4 Å². The number of aliphatic hydroxyl groups excluding tert-OH is 1. The molecular formula is C13H22N2O2. The van der Waals surface area contributed by atoms with E-state index in [4.69, 9.17) is 10.5 Å². The number of anilines is 1. The van der Waals surface area contributed by atoms with Crippen molar-refractivity contribution in [3.63, 3.8) is 0 Å². The molecule has 96 valence electrons. The maximum absolute atomic E-state index is 9.77. The fraction of sp³-hybridized carbons (Fsp3) is 0.538. The summed E-state index contributed by atoms with van der Waals surface area (Å²) in [7, 11) is 1.61. The molecule has 4 nitrogen and oxygen atoms in total. The van der Waals surface area contributed by atoms with Gasteiger partial charge in [0.15, 0.2) is 0 Å². The SMILES string of the molecule is CCN(CC)c1ccc([C@H](O)CN)c(OC)c1. The van der Waals surface area contributed by atoms with Crippen molar-refractivity contribution >= 4 is 5.69 Å². The molecule has 0 bridgehead atoms. The highest BCUT2D eigenvalue weighted by Crippen LogP contribution is 2.29. The van der Waals surface area contributed by atoms with Crippen molar-refractivity contribution < 1.29 is 9.84 Å². The normalized spacial score (nSPS) is 12.3. The summed E-state index contributed by atoms with van der Waals surface area (Å²) >= 11 is 0. The highest BCUT2D eigenvalue weighted by molar-refractivity contribution is 5.54. The van der Waals surface area contributed by atoms with Gasteiger partial charge in [-0.25, -0.2) is 0 Å². The molecule has 17 heavy (non-hydrogen) atoms. The van der Waals surface area contributed by atoms with Crippen molar-refractivity contribution in [1.29, 1.82) is 0 Å². The fourth-order valence-electron chi connectivity index (χ4n) is 1.89. The minimum atomic E-state index is -0.671. The maximum Gasteiger partial charge on any atom is 0.126 e. The van der Waals surface area contributed by atoms with Gasteiger partial charge in [0.25, 0.3) is 0 Å². The van der Waals surface area contributed by atoms with Gasteiger partial charge in [-0.15, -0.1) is 0 Å². The zero-order valence-electron chi connectivity index (χ0n) is 10.8. The van der Waals surface area contributed by atoms with Gasteiger partial charge in [0.2, 0.25) is 0 Å². The molecule has 1 aromatic rings. The number of nitrogens with two attached hydrogens (primary N) is 1. The first-order valence-electron chi connectivity index (χ1n) is 5.98. The predicted molar refractivity (Wildman–Crippen MR) is 70.6 cm³/mol. The maximum atomic E-state index is 9.77. The van der Waals surface area contributed by atoms with Crippen LogP contribution in [0.25, 0.3) is 0 Å². The van der Waals surface area contributed by atoms with E-state index in [0.29, 0.717) is 5.75 Å². The molecule has 0 unspecified atom stereocenters. The largest absolute Gasteiger partial charge is 0.496 e. The Kier molecular flexibility index (Phi) is 5.25. The van der Waals surface area contributed by atoms with E-state index in [2.05, 4.69) is 18.7 Å². The standard InChI is InChI=1S/C13H22N2O2/c1-4-15(5-2)10-6-7-11(12(16)9-14)13(8-10)17-3/h6-8,12,16H,4-5,9,14H2,1-3H3/t12-/m1/s1. The molecule has 0 saturated carbocycles. The van der Waals surface area contributed by atoms with Gasteiger partial charge in [-0.2, -0.15) is 0 Å². The minimum absolute atomic E-state index is 0.195. The van der Waals surface area contributed by atoms with E-state index in [-0.39, 0.29) is 6.54 Å². The number of benzene rings is 1. The first-order valence-corrected chi connectivity index (χ1v) is 5.98. The van der Waals surface area contributed by atoms with Crippen LogP contribution in [0.1, 0.15) is 25.5 Å². The predicted octanol–water partition coefficient (Wildman–Crippen LogP) is 1.53. The molecule has 3 N–H and O–H groups in total. The van der Waals surface area contributed by atoms with Gasteiger partial charge < -0.3 is 20.5 Å². The van der Waals surface area contributed by atoms with Crippen LogP contribution in [0.2, 0.25) is 0 Å². The molecule has 0 spiro atoms. The Balaban J connectivity index is 3.07. The Hall–Kier alpha value is -1.26. The molecule has 0 radical (unpaired) electrons. The molecule has 4 heteroatoms. The van der Waals surface area contributed by atoms with E-state index in [0.717, 1.165) is 24.3 Å². The Morgan fingerprint density at radius 1 is 1.35 bits per heavy atom. The summed E-state index contributed by atoms with van der Waals surface area (Å²) in [5.74, 6) is 0.687. The van der Waals surface area contributed by atoms with Crippen molar-refractivity contribution in [2.75, 3.05) is 31.6 Å². The van der Waals surface area contributed by atoms with Crippen LogP contribution in [0.5, 0.6) is 5.75 Å². The molecule has 0 aliphatic rings. The number of hydrogen-bond donors (Lipinski definition) is 2. The Morgan fingerprint density at radius 2 is 2.00 bits per heavy atom. The molecule has 0 aromatic heterocycles. The van der Waals surface area contributed by atoms with E-state index in [9.17, 15) is 5.11 Å². The summed E-state index contributed by atoms with van der Waals surface area (Å²) in [5.41, 5.74) is 7.30. The zero-order chi connectivity index (χ0) is 12.8. The molecule has 1 rings (SSSR count). The van der Waals surface area contributed by atoms with Gasteiger partial charge >= 0.3 is 0 Å². The van der Waals surface area contributed by atoms with Crippen molar-refractivity contribution in [2.45, 2.75) is 20.0 Å². The number of aliphatic hydroxyl groups is 1. The lowest BCUT2D eigenvalue weighted by Gasteiger charge is -2.23. The van der Waals surface area contributed by atoms with Crippen LogP contribution in [0.3, 0.4) is 0 Å². The van der Waals surface area contributed by atoms with Crippen LogP contribution in [0, 0.1) is 0 Å². The van der Waals surface area contributed by atoms with Gasteiger partial charge in [0, 0.05) is 37.0 Å². The Bertz CT molecular complexity index is 351.